The van der Waals surface area contributed by atoms with Gasteiger partial charge in [-0.2, -0.15) is 0 Å². The molecule has 5 atom stereocenters. The molecule has 3 aromatic rings. The molecule has 0 bridgehead atoms. The molecule has 0 radical (unpaired) electrons. The van der Waals surface area contributed by atoms with Gasteiger partial charge in [0.1, 0.15) is 35.6 Å². The zero-order valence-electron chi connectivity index (χ0n) is 22.4. The number of halogens is 3. The van der Waals surface area contributed by atoms with E-state index < -0.39 is 60.1 Å². The molecule has 1 aromatic carbocycles. The number of aliphatic hydroxyl groups excluding tert-OH is 2. The zero-order valence-corrected chi connectivity index (χ0v) is 22.4. The summed E-state index contributed by atoms with van der Waals surface area (Å²) in [6.07, 6.45) is 0.412. The Balaban J connectivity index is 1.39. The summed E-state index contributed by atoms with van der Waals surface area (Å²) in [7, 11) is 1.42. The first-order chi connectivity index (χ1) is 18.9. The maximum atomic E-state index is 13.8. The number of benzene rings is 1. The van der Waals surface area contributed by atoms with Crippen molar-refractivity contribution in [1.82, 2.24) is 20.2 Å². The Hall–Kier alpha value is -2.84. The summed E-state index contributed by atoms with van der Waals surface area (Å²) in [5.41, 5.74) is -0.492. The van der Waals surface area contributed by atoms with E-state index in [1.165, 1.54) is 18.0 Å². The fourth-order valence-electron chi connectivity index (χ4n) is 5.61. The van der Waals surface area contributed by atoms with E-state index in [-0.39, 0.29) is 23.1 Å². The predicted molar refractivity (Wildman–Crippen MR) is 133 cm³/mol. The highest BCUT2D eigenvalue weighted by molar-refractivity contribution is 5.57. The van der Waals surface area contributed by atoms with Crippen LogP contribution in [0.4, 0.5) is 13.2 Å². The highest BCUT2D eigenvalue weighted by Crippen LogP contribution is 2.45. The molecule has 2 fully saturated rings. The Morgan fingerprint density at radius 3 is 2.38 bits per heavy atom. The second kappa shape index (κ2) is 10.9. The molecule has 1 aliphatic heterocycles. The monoisotopic (exact) mass is 566 g/mol. The minimum Gasteiger partial charge on any atom is -0.394 e. The normalized spacial score (nSPS) is 28.1. The summed E-state index contributed by atoms with van der Waals surface area (Å²) >= 11 is 0. The van der Waals surface area contributed by atoms with Gasteiger partial charge in [-0.3, -0.25) is 0 Å². The second-order valence-electron chi connectivity index (χ2n) is 11.5. The first kappa shape index (κ1) is 28.7. The predicted octanol–water partition coefficient (Wildman–Crippen LogP) is 3.06. The van der Waals surface area contributed by atoms with Crippen molar-refractivity contribution in [2.24, 2.45) is 5.41 Å². The first-order valence-corrected chi connectivity index (χ1v) is 13.2. The Morgan fingerprint density at radius 1 is 1.07 bits per heavy atom. The van der Waals surface area contributed by atoms with E-state index in [4.69, 9.17) is 14.0 Å². The average molecular weight is 567 g/mol. The number of rotatable bonds is 7. The standard InChI is InChI=1S/C27H33F3N4O6/c1-26(2)4-6-27(37,7-5-26)21-11-15(32-40-21)10-19-25(38-3)23(24(36)20(13-35)39-19)34-12-18(31-33-34)14-8-16(28)22(30)17(29)9-14/h8-9,11-12,19-20,23-25,35-37H,4-7,10,13H2,1-3H3/t19-,20-,23+,24+,25+/m1/s1. The van der Waals surface area contributed by atoms with Crippen LogP contribution in [0.1, 0.15) is 57.0 Å². The third kappa shape index (κ3) is 5.40. The van der Waals surface area contributed by atoms with Gasteiger partial charge in [0.05, 0.1) is 24.6 Å². The molecule has 13 heteroatoms. The highest BCUT2D eigenvalue weighted by atomic mass is 19.2. The summed E-state index contributed by atoms with van der Waals surface area (Å²) in [6.45, 7) is 3.82. The average Bonchev–Trinajstić information content (AvgIpc) is 3.60. The van der Waals surface area contributed by atoms with Gasteiger partial charge in [0, 0.05) is 25.2 Å². The maximum Gasteiger partial charge on any atom is 0.194 e. The van der Waals surface area contributed by atoms with Gasteiger partial charge in [-0.25, -0.2) is 17.9 Å². The van der Waals surface area contributed by atoms with Crippen molar-refractivity contribution in [2.45, 2.75) is 82.0 Å². The van der Waals surface area contributed by atoms with E-state index in [9.17, 15) is 28.5 Å². The maximum absolute atomic E-state index is 13.8. The van der Waals surface area contributed by atoms with Crippen LogP contribution in [-0.4, -0.2) is 73.6 Å². The van der Waals surface area contributed by atoms with Crippen LogP contribution in [0.15, 0.2) is 28.9 Å². The largest absolute Gasteiger partial charge is 0.394 e. The molecule has 3 heterocycles. The quantitative estimate of drug-likeness (QED) is 0.369. The zero-order chi connectivity index (χ0) is 28.8. The lowest BCUT2D eigenvalue weighted by atomic mass is 9.70. The Labute approximate surface area is 228 Å². The van der Waals surface area contributed by atoms with E-state index in [0.717, 1.165) is 25.0 Å². The van der Waals surface area contributed by atoms with Gasteiger partial charge in [0.2, 0.25) is 0 Å². The number of aromatic nitrogens is 4. The van der Waals surface area contributed by atoms with Crippen molar-refractivity contribution in [3.63, 3.8) is 0 Å². The number of hydrogen-bond donors (Lipinski definition) is 3. The molecule has 2 aromatic heterocycles. The number of aliphatic hydroxyl groups is 3. The number of methoxy groups -OCH3 is 1. The van der Waals surface area contributed by atoms with Crippen LogP contribution in [0.3, 0.4) is 0 Å². The van der Waals surface area contributed by atoms with Crippen molar-refractivity contribution in [3.05, 3.63) is 53.3 Å². The smallest absolute Gasteiger partial charge is 0.194 e. The molecule has 40 heavy (non-hydrogen) atoms. The molecule has 1 saturated carbocycles. The van der Waals surface area contributed by atoms with Crippen LogP contribution in [0.5, 0.6) is 0 Å². The number of nitrogens with zero attached hydrogens (tertiary/aromatic N) is 4. The van der Waals surface area contributed by atoms with E-state index in [1.807, 2.05) is 0 Å². The van der Waals surface area contributed by atoms with Gasteiger partial charge in [-0.1, -0.05) is 24.2 Å². The first-order valence-electron chi connectivity index (χ1n) is 13.2. The van der Waals surface area contributed by atoms with Gasteiger partial charge < -0.3 is 29.3 Å². The van der Waals surface area contributed by atoms with Crippen LogP contribution < -0.4 is 0 Å². The SMILES string of the molecule is CO[C@@H]1[C@@H](n2cc(-c3cc(F)c(F)c(F)c3)nn2)[C@@H](O)[C@@H](CO)O[C@@H]1Cc1cc(C2(O)CCC(C)(C)CC2)on1. The van der Waals surface area contributed by atoms with E-state index in [2.05, 4.69) is 29.3 Å². The molecule has 3 N–H and O–H groups in total. The van der Waals surface area contributed by atoms with Gasteiger partial charge in [0.25, 0.3) is 0 Å². The van der Waals surface area contributed by atoms with E-state index in [1.54, 1.807) is 6.07 Å². The Bertz CT molecular complexity index is 1310. The highest BCUT2D eigenvalue weighted by Gasteiger charge is 2.48. The lowest BCUT2D eigenvalue weighted by molar-refractivity contribution is -0.212. The van der Waals surface area contributed by atoms with Crippen molar-refractivity contribution in [3.8, 4) is 11.3 Å². The molecular formula is C27H33F3N4O6. The molecular weight excluding hydrogens is 533 g/mol. The van der Waals surface area contributed by atoms with Crippen molar-refractivity contribution >= 4 is 0 Å². The van der Waals surface area contributed by atoms with Gasteiger partial charge in [-0.15, -0.1) is 5.10 Å². The molecule has 1 aliphatic carbocycles. The third-order valence-electron chi connectivity index (χ3n) is 8.19. The number of ether oxygens (including phenoxy) is 2. The van der Waals surface area contributed by atoms with E-state index >= 15 is 0 Å². The molecule has 0 unspecified atom stereocenters. The summed E-state index contributed by atoms with van der Waals surface area (Å²) in [6, 6.07) is 2.36. The van der Waals surface area contributed by atoms with Crippen LogP contribution in [0.25, 0.3) is 11.3 Å². The summed E-state index contributed by atoms with van der Waals surface area (Å²) < 4.78 is 59.5. The number of hydrogen-bond acceptors (Lipinski definition) is 9. The molecule has 218 valence electrons. The molecule has 10 nitrogen and oxygen atoms in total. The van der Waals surface area contributed by atoms with E-state index in [0.29, 0.717) is 24.3 Å². The molecule has 1 saturated heterocycles. The van der Waals surface area contributed by atoms with Crippen molar-refractivity contribution < 1.29 is 42.5 Å². The van der Waals surface area contributed by atoms with Crippen LogP contribution >= 0.6 is 0 Å². The Kier molecular flexibility index (Phi) is 7.79. The minimum atomic E-state index is -1.60. The fraction of sp³-hybridized carbons (Fsp3) is 0.593. The molecule has 5 rings (SSSR count). The molecule has 0 spiro atoms. The van der Waals surface area contributed by atoms with Crippen LogP contribution in [0, 0.1) is 22.9 Å². The lowest BCUT2D eigenvalue weighted by Gasteiger charge is -2.43. The summed E-state index contributed by atoms with van der Waals surface area (Å²) in [5, 5.41) is 44.3. The Morgan fingerprint density at radius 2 is 1.75 bits per heavy atom. The van der Waals surface area contributed by atoms with Gasteiger partial charge in [-0.05, 0) is 43.2 Å². The third-order valence-corrected chi connectivity index (χ3v) is 8.19. The topological polar surface area (TPSA) is 136 Å². The van der Waals surface area contributed by atoms with Crippen molar-refractivity contribution in [1.29, 1.82) is 0 Å². The van der Waals surface area contributed by atoms with Crippen LogP contribution in [0.2, 0.25) is 0 Å². The lowest BCUT2D eigenvalue weighted by Crippen LogP contribution is -2.57. The molecule has 2 aliphatic rings. The fourth-order valence-corrected chi connectivity index (χ4v) is 5.61. The molecule has 0 amide bonds. The van der Waals surface area contributed by atoms with Gasteiger partial charge >= 0.3 is 0 Å². The minimum absolute atomic E-state index is 0.0356. The van der Waals surface area contributed by atoms with Gasteiger partial charge in [0.15, 0.2) is 23.2 Å². The van der Waals surface area contributed by atoms with Crippen molar-refractivity contribution in [2.75, 3.05) is 13.7 Å². The summed E-state index contributed by atoms with van der Waals surface area (Å²) in [4.78, 5) is 0. The second-order valence-corrected chi connectivity index (χ2v) is 11.5. The van der Waals surface area contributed by atoms with Crippen LogP contribution in [-0.2, 0) is 21.5 Å². The summed E-state index contributed by atoms with van der Waals surface area (Å²) in [5.74, 6) is -3.98.